The Hall–Kier alpha value is -4.17. The molecule has 0 aliphatic carbocycles. The van der Waals surface area contributed by atoms with Crippen molar-refractivity contribution in [3.63, 3.8) is 0 Å². The summed E-state index contributed by atoms with van der Waals surface area (Å²) in [5, 5.41) is 8.41. The Balaban J connectivity index is 1.16. The van der Waals surface area contributed by atoms with E-state index >= 15 is 0 Å². The molecule has 0 amide bonds. The molecular formula is C24H18ClN5O3. The molecule has 2 aromatic carbocycles. The van der Waals surface area contributed by atoms with Crippen LogP contribution in [0.5, 0.6) is 5.75 Å². The number of rotatable bonds is 8. The first-order valence-electron chi connectivity index (χ1n) is 10.1. The van der Waals surface area contributed by atoms with Gasteiger partial charge in [0.2, 0.25) is 11.8 Å². The average Bonchev–Trinajstić information content (AvgIpc) is 3.61. The number of benzene rings is 2. The summed E-state index contributed by atoms with van der Waals surface area (Å²) in [6.07, 6.45) is 10.3. The number of hydrogen-bond donors (Lipinski definition) is 0. The monoisotopic (exact) mass is 459 g/mol. The first-order valence-corrected chi connectivity index (χ1v) is 10.5. The third-order valence-corrected chi connectivity index (χ3v) is 4.95. The molecule has 0 N–H and O–H groups in total. The third kappa shape index (κ3) is 5.36. The number of aromatic nitrogens is 5. The fourth-order valence-corrected chi connectivity index (χ4v) is 3.18. The standard InChI is InChI=1S/C24H18ClN5O3/c25-19-6-1-17(2-7-19)3-10-23-27-21(16-32-23)15-31-22-8-4-18(5-9-22)24-28-20(14-33-24)13-30-12-11-26-29-30/h1-12,14,16H,13,15H2/b10-3+. The zero-order valence-electron chi connectivity index (χ0n) is 17.3. The van der Waals surface area contributed by atoms with Crippen LogP contribution >= 0.6 is 11.6 Å². The van der Waals surface area contributed by atoms with Crippen LogP contribution in [0.1, 0.15) is 22.8 Å². The van der Waals surface area contributed by atoms with Gasteiger partial charge in [-0.3, -0.25) is 0 Å². The molecule has 5 aromatic rings. The smallest absolute Gasteiger partial charge is 0.226 e. The predicted molar refractivity (Wildman–Crippen MR) is 122 cm³/mol. The molecule has 3 aromatic heterocycles. The Labute approximate surface area is 194 Å². The van der Waals surface area contributed by atoms with E-state index in [2.05, 4.69) is 20.3 Å². The van der Waals surface area contributed by atoms with E-state index in [1.165, 1.54) is 0 Å². The van der Waals surface area contributed by atoms with Crippen LogP contribution in [0, 0.1) is 0 Å². The van der Waals surface area contributed by atoms with E-state index in [9.17, 15) is 0 Å². The fraction of sp³-hybridized carbons (Fsp3) is 0.0833. The van der Waals surface area contributed by atoms with Gasteiger partial charge in [-0.25, -0.2) is 14.6 Å². The lowest BCUT2D eigenvalue weighted by atomic mass is 10.2. The Morgan fingerprint density at radius 3 is 2.52 bits per heavy atom. The zero-order chi connectivity index (χ0) is 22.5. The Morgan fingerprint density at radius 2 is 1.73 bits per heavy atom. The number of ether oxygens (including phenoxy) is 1. The normalized spacial score (nSPS) is 11.3. The molecule has 0 fully saturated rings. The second kappa shape index (κ2) is 9.54. The van der Waals surface area contributed by atoms with E-state index in [0.717, 1.165) is 16.8 Å². The molecule has 0 unspecified atom stereocenters. The van der Waals surface area contributed by atoms with Crippen molar-refractivity contribution in [2.75, 3.05) is 0 Å². The fourth-order valence-electron chi connectivity index (χ4n) is 3.05. The summed E-state index contributed by atoms with van der Waals surface area (Å²) >= 11 is 5.90. The number of nitrogens with zero attached hydrogens (tertiary/aromatic N) is 5. The van der Waals surface area contributed by atoms with E-state index in [-0.39, 0.29) is 0 Å². The van der Waals surface area contributed by atoms with Crippen LogP contribution in [0.3, 0.4) is 0 Å². The van der Waals surface area contributed by atoms with Gasteiger partial charge in [-0.15, -0.1) is 5.10 Å². The number of oxazole rings is 2. The first-order chi connectivity index (χ1) is 16.2. The van der Waals surface area contributed by atoms with Crippen LogP contribution in [0.2, 0.25) is 5.02 Å². The molecule has 33 heavy (non-hydrogen) atoms. The summed E-state index contributed by atoms with van der Waals surface area (Å²) < 4.78 is 18.6. The molecule has 0 bridgehead atoms. The lowest BCUT2D eigenvalue weighted by molar-refractivity contribution is 0.301. The second-order valence-corrected chi connectivity index (χ2v) is 7.56. The highest BCUT2D eigenvalue weighted by atomic mass is 35.5. The molecular weight excluding hydrogens is 442 g/mol. The Morgan fingerprint density at radius 1 is 0.909 bits per heavy atom. The Bertz CT molecular complexity index is 1340. The van der Waals surface area contributed by atoms with Crippen molar-refractivity contribution in [2.24, 2.45) is 0 Å². The van der Waals surface area contributed by atoms with Crippen LogP contribution in [0.4, 0.5) is 0 Å². The van der Waals surface area contributed by atoms with Gasteiger partial charge in [0.25, 0.3) is 0 Å². The molecule has 9 heteroatoms. The van der Waals surface area contributed by atoms with Crippen LogP contribution < -0.4 is 4.74 Å². The third-order valence-electron chi connectivity index (χ3n) is 4.69. The van der Waals surface area contributed by atoms with E-state index in [1.807, 2.05) is 54.6 Å². The maximum atomic E-state index is 5.90. The molecule has 8 nitrogen and oxygen atoms in total. The van der Waals surface area contributed by atoms with Gasteiger partial charge in [-0.2, -0.15) is 0 Å². The summed E-state index contributed by atoms with van der Waals surface area (Å²) in [6, 6.07) is 15.0. The van der Waals surface area contributed by atoms with Gasteiger partial charge in [0.05, 0.1) is 12.7 Å². The number of hydrogen-bond acceptors (Lipinski definition) is 7. The van der Waals surface area contributed by atoms with Crippen molar-refractivity contribution >= 4 is 23.8 Å². The average molecular weight is 460 g/mol. The van der Waals surface area contributed by atoms with Gasteiger partial charge in [0.1, 0.15) is 36.3 Å². The first kappa shape index (κ1) is 20.7. The molecule has 0 saturated carbocycles. The van der Waals surface area contributed by atoms with Crippen LogP contribution in [-0.4, -0.2) is 25.0 Å². The summed E-state index contributed by atoms with van der Waals surface area (Å²) in [5.41, 5.74) is 3.32. The minimum Gasteiger partial charge on any atom is -0.487 e. The second-order valence-electron chi connectivity index (χ2n) is 7.12. The van der Waals surface area contributed by atoms with Crippen molar-refractivity contribution in [3.05, 3.63) is 101 Å². The van der Waals surface area contributed by atoms with E-state index in [4.69, 9.17) is 25.2 Å². The van der Waals surface area contributed by atoms with Gasteiger partial charge < -0.3 is 13.6 Å². The van der Waals surface area contributed by atoms with Crippen molar-refractivity contribution < 1.29 is 13.6 Å². The molecule has 0 saturated heterocycles. The molecule has 0 aliphatic rings. The zero-order valence-corrected chi connectivity index (χ0v) is 18.1. The minimum absolute atomic E-state index is 0.290. The topological polar surface area (TPSA) is 92.0 Å². The predicted octanol–water partition coefficient (Wildman–Crippen LogP) is 5.37. The van der Waals surface area contributed by atoms with E-state index in [0.29, 0.717) is 41.4 Å². The van der Waals surface area contributed by atoms with Crippen molar-refractivity contribution in [3.8, 4) is 17.2 Å². The summed E-state index contributed by atoms with van der Waals surface area (Å²) in [7, 11) is 0. The molecule has 0 atom stereocenters. The van der Waals surface area contributed by atoms with Crippen molar-refractivity contribution in [2.45, 2.75) is 13.2 Å². The molecule has 5 rings (SSSR count). The number of halogens is 1. The SMILES string of the molecule is Clc1ccc(/C=C/c2nc(COc3ccc(-c4nc(Cn5ccnn5)co4)cc3)co2)cc1. The summed E-state index contributed by atoms with van der Waals surface area (Å²) in [6.45, 7) is 0.790. The van der Waals surface area contributed by atoms with E-state index < -0.39 is 0 Å². The lowest BCUT2D eigenvalue weighted by Crippen LogP contribution is -2.00. The highest BCUT2D eigenvalue weighted by molar-refractivity contribution is 6.30. The summed E-state index contributed by atoms with van der Waals surface area (Å²) in [4.78, 5) is 8.91. The van der Waals surface area contributed by atoms with Gasteiger partial charge in [-0.1, -0.05) is 28.9 Å². The van der Waals surface area contributed by atoms with Crippen molar-refractivity contribution in [1.29, 1.82) is 0 Å². The molecule has 0 aliphatic heterocycles. The largest absolute Gasteiger partial charge is 0.487 e. The molecule has 0 radical (unpaired) electrons. The van der Waals surface area contributed by atoms with E-state index in [1.54, 1.807) is 35.7 Å². The maximum Gasteiger partial charge on any atom is 0.226 e. The minimum atomic E-state index is 0.290. The molecule has 0 spiro atoms. The molecule has 3 heterocycles. The maximum absolute atomic E-state index is 5.90. The van der Waals surface area contributed by atoms with Gasteiger partial charge in [0.15, 0.2) is 0 Å². The van der Waals surface area contributed by atoms with Gasteiger partial charge >= 0.3 is 0 Å². The van der Waals surface area contributed by atoms with Crippen LogP contribution in [-0.2, 0) is 13.2 Å². The highest BCUT2D eigenvalue weighted by Crippen LogP contribution is 2.23. The highest BCUT2D eigenvalue weighted by Gasteiger charge is 2.09. The molecule has 164 valence electrons. The van der Waals surface area contributed by atoms with Crippen LogP contribution in [0.15, 0.2) is 82.3 Å². The van der Waals surface area contributed by atoms with Gasteiger partial charge in [0, 0.05) is 22.9 Å². The quantitative estimate of drug-likeness (QED) is 0.308. The Kier molecular flexibility index (Phi) is 5.99. The van der Waals surface area contributed by atoms with Gasteiger partial charge in [-0.05, 0) is 48.0 Å². The van der Waals surface area contributed by atoms with Crippen molar-refractivity contribution in [1.82, 2.24) is 25.0 Å². The van der Waals surface area contributed by atoms with Crippen LogP contribution in [0.25, 0.3) is 23.6 Å². The summed E-state index contributed by atoms with van der Waals surface area (Å²) in [5.74, 6) is 1.74. The lowest BCUT2D eigenvalue weighted by Gasteiger charge is -2.04.